The Morgan fingerprint density at radius 3 is 1.36 bits per heavy atom. The maximum absolute atomic E-state index is 2.49. The zero-order valence-corrected chi connectivity index (χ0v) is 31.6. The molecule has 11 rings (SSSR count). The molecule has 2 heteroatoms. The number of thiophene rings is 1. The van der Waals surface area contributed by atoms with E-state index in [1.165, 1.54) is 112 Å². The first-order chi connectivity index (χ1) is 26.2. The molecule has 2 heterocycles. The fourth-order valence-corrected chi connectivity index (χ4v) is 12.2. The topological polar surface area (TPSA) is 0 Å². The van der Waals surface area contributed by atoms with E-state index in [2.05, 4.69) is 181 Å². The summed E-state index contributed by atoms with van der Waals surface area (Å²) in [4.78, 5) is 0. The van der Waals surface area contributed by atoms with Gasteiger partial charge in [-0.2, -0.15) is 0 Å². The average molecular weight is 756 g/mol. The van der Waals surface area contributed by atoms with Crippen molar-refractivity contribution in [1.82, 2.24) is 0 Å². The molecule has 0 unspecified atom stereocenters. The predicted octanol–water partition coefficient (Wildman–Crippen LogP) is 14.7. The second kappa shape index (κ2) is 12.2. The van der Waals surface area contributed by atoms with E-state index in [9.17, 15) is 0 Å². The van der Waals surface area contributed by atoms with Crippen molar-refractivity contribution in [3.63, 3.8) is 0 Å². The quantitative estimate of drug-likeness (QED) is 0.124. The molecule has 9 aromatic carbocycles. The number of hydrogen-bond acceptors (Lipinski definition) is 1. The molecule has 0 nitrogen and oxygen atoms in total. The molecule has 0 spiro atoms. The summed E-state index contributed by atoms with van der Waals surface area (Å²) in [6, 6.07) is 61.2. The van der Waals surface area contributed by atoms with E-state index in [0.717, 1.165) is 0 Å². The molecule has 0 fully saturated rings. The van der Waals surface area contributed by atoms with Gasteiger partial charge in [-0.1, -0.05) is 0 Å². The van der Waals surface area contributed by atoms with Crippen LogP contribution in [-0.4, -0.2) is 14.5 Å². The summed E-state index contributed by atoms with van der Waals surface area (Å²) < 4.78 is 2.94. The van der Waals surface area contributed by atoms with Crippen molar-refractivity contribution >= 4 is 88.2 Å². The van der Waals surface area contributed by atoms with Crippen LogP contribution in [0.4, 0.5) is 0 Å². The normalized spacial score (nSPS) is 11.9. The molecule has 0 saturated carbocycles. The van der Waals surface area contributed by atoms with E-state index in [1.54, 1.807) is 11.3 Å². The molecule has 0 N–H and O–H groups in total. The van der Waals surface area contributed by atoms with E-state index in [1.807, 2.05) is 0 Å². The van der Waals surface area contributed by atoms with Gasteiger partial charge in [0.05, 0.1) is 0 Å². The predicted molar refractivity (Wildman–Crippen MR) is 233 cm³/mol. The van der Waals surface area contributed by atoms with Gasteiger partial charge in [0.1, 0.15) is 0 Å². The third-order valence-corrected chi connectivity index (χ3v) is 14.5. The van der Waals surface area contributed by atoms with E-state index < -0.39 is 0 Å². The van der Waals surface area contributed by atoms with Gasteiger partial charge in [-0.05, 0) is 0 Å². The van der Waals surface area contributed by atoms with Gasteiger partial charge in [0.15, 0.2) is 0 Å². The zero-order valence-electron chi connectivity index (χ0n) is 29.1. The Bertz CT molecular complexity index is 3120. The van der Waals surface area contributed by atoms with Crippen LogP contribution in [0.2, 0.25) is 0 Å². The van der Waals surface area contributed by atoms with Gasteiger partial charge in [0.2, 0.25) is 0 Å². The summed E-state index contributed by atoms with van der Waals surface area (Å²) in [6.07, 6.45) is 0. The molecule has 11 aromatic rings. The summed E-state index contributed by atoms with van der Waals surface area (Å²) in [7, 11) is 0. The molecule has 0 bridgehead atoms. The van der Waals surface area contributed by atoms with Crippen molar-refractivity contribution in [2.45, 2.75) is 6.92 Å². The van der Waals surface area contributed by atoms with Gasteiger partial charge in [0, 0.05) is 0 Å². The van der Waals surface area contributed by atoms with E-state index >= 15 is 0 Å². The van der Waals surface area contributed by atoms with Crippen molar-refractivity contribution in [3.8, 4) is 44.5 Å². The molecule has 0 atom stereocenters. The maximum atomic E-state index is 2.49. The Hall–Kier alpha value is -5.76. The molecule has 0 aliphatic carbocycles. The first-order valence-corrected chi connectivity index (χ1v) is 20.8. The second-order valence-corrected chi connectivity index (χ2v) is 17.0. The van der Waals surface area contributed by atoms with Crippen molar-refractivity contribution in [1.29, 1.82) is 0 Å². The van der Waals surface area contributed by atoms with Crippen LogP contribution in [0.25, 0.3) is 107 Å². The third-order valence-electron chi connectivity index (χ3n) is 11.1. The minimum atomic E-state index is 0.173. The Morgan fingerprint density at radius 1 is 0.358 bits per heavy atom. The Labute approximate surface area is 318 Å². The van der Waals surface area contributed by atoms with Crippen LogP contribution >= 0.6 is 11.3 Å². The molecular formula is C51H32SSe. The van der Waals surface area contributed by atoms with Gasteiger partial charge in [0.25, 0.3) is 0 Å². The standard InChI is InChI=1S/C51H32SSe/c1-31-29-52-30-45(31)50-40-22-11-9-20-38(40)49(39-21-10-12-23-41(39)50)43-25-13-24-42-44-28-33(26-27-46(44)53-51(42)43)48-36-18-7-5-16-34(36)47(32-14-3-2-4-15-32)35-17-6-8-19-37(35)48/h2-30H,1H3. The van der Waals surface area contributed by atoms with Gasteiger partial charge >= 0.3 is 320 Å². The molecule has 53 heavy (non-hydrogen) atoms. The molecule has 0 aliphatic rings. The fraction of sp³-hybridized carbons (Fsp3) is 0.0196. The monoisotopic (exact) mass is 756 g/mol. The van der Waals surface area contributed by atoms with E-state index in [4.69, 9.17) is 0 Å². The molecule has 0 saturated heterocycles. The first-order valence-electron chi connectivity index (χ1n) is 18.2. The van der Waals surface area contributed by atoms with Crippen LogP contribution in [0.5, 0.6) is 0 Å². The molecular weight excluding hydrogens is 724 g/mol. The summed E-state index contributed by atoms with van der Waals surface area (Å²) >= 11 is 1.96. The van der Waals surface area contributed by atoms with Crippen molar-refractivity contribution in [3.05, 3.63) is 180 Å². The Balaban J connectivity index is 1.18. The number of rotatable bonds is 4. The fourth-order valence-electron chi connectivity index (χ4n) is 8.83. The summed E-state index contributed by atoms with van der Waals surface area (Å²) in [5.74, 6) is 0. The number of benzene rings is 9. The van der Waals surface area contributed by atoms with Crippen LogP contribution in [0.3, 0.4) is 0 Å². The Morgan fingerprint density at radius 2 is 0.830 bits per heavy atom. The van der Waals surface area contributed by atoms with Crippen molar-refractivity contribution < 1.29 is 0 Å². The number of fused-ring (bicyclic) bond motifs is 7. The Kier molecular flexibility index (Phi) is 7.07. The van der Waals surface area contributed by atoms with Crippen LogP contribution in [0.1, 0.15) is 5.56 Å². The van der Waals surface area contributed by atoms with Gasteiger partial charge in [-0.25, -0.2) is 0 Å². The average Bonchev–Trinajstić information content (AvgIpc) is 3.82. The summed E-state index contributed by atoms with van der Waals surface area (Å²) in [6.45, 7) is 2.24. The first kappa shape index (κ1) is 30.8. The van der Waals surface area contributed by atoms with Crippen molar-refractivity contribution in [2.24, 2.45) is 0 Å². The minimum absolute atomic E-state index is 0.173. The molecule has 0 aliphatic heterocycles. The van der Waals surface area contributed by atoms with Gasteiger partial charge in [-0.3, -0.25) is 0 Å². The van der Waals surface area contributed by atoms with Crippen LogP contribution < -0.4 is 0 Å². The van der Waals surface area contributed by atoms with E-state index in [0.29, 0.717) is 0 Å². The third kappa shape index (κ3) is 4.67. The second-order valence-electron chi connectivity index (χ2n) is 14.0. The summed E-state index contributed by atoms with van der Waals surface area (Å²) in [5, 5.41) is 17.8. The molecule has 2 aromatic heterocycles. The van der Waals surface area contributed by atoms with Crippen LogP contribution in [0, 0.1) is 6.92 Å². The van der Waals surface area contributed by atoms with Crippen LogP contribution in [0.15, 0.2) is 175 Å². The summed E-state index contributed by atoms with van der Waals surface area (Å²) in [5.41, 5.74) is 11.9. The van der Waals surface area contributed by atoms with Crippen LogP contribution in [-0.2, 0) is 0 Å². The van der Waals surface area contributed by atoms with Gasteiger partial charge in [-0.15, -0.1) is 0 Å². The number of aryl methyl sites for hydroxylation is 1. The number of hydrogen-bond donors (Lipinski definition) is 0. The molecule has 0 radical (unpaired) electrons. The zero-order chi connectivity index (χ0) is 35.0. The SMILES string of the molecule is Cc1cscc1-c1c2ccccc2c(-c2cccc3c2[se]c2ccc(-c4c5ccccc5c(-c5ccccc5)c5ccccc45)cc23)c2ccccc12. The molecule has 0 amide bonds. The molecule has 248 valence electrons. The van der Waals surface area contributed by atoms with Crippen molar-refractivity contribution in [2.75, 3.05) is 0 Å². The van der Waals surface area contributed by atoms with E-state index in [-0.39, 0.29) is 14.5 Å². The van der Waals surface area contributed by atoms with Gasteiger partial charge < -0.3 is 0 Å².